The molecule has 2 saturated heterocycles. The van der Waals surface area contributed by atoms with Crippen molar-refractivity contribution in [3.05, 3.63) is 59.3 Å². The number of likely N-dealkylation sites (tertiary alicyclic amines) is 1. The second kappa shape index (κ2) is 9.82. The Bertz CT molecular complexity index is 1140. The maximum absolute atomic E-state index is 12.1. The number of carbonyl (C=O) groups excluding carboxylic acids is 1. The predicted octanol–water partition coefficient (Wildman–Crippen LogP) is 2.79. The highest BCUT2D eigenvalue weighted by molar-refractivity contribution is 5.87. The molecule has 8 heteroatoms. The molecule has 6 rings (SSSR count). The van der Waals surface area contributed by atoms with E-state index in [2.05, 4.69) is 52.6 Å². The zero-order valence-corrected chi connectivity index (χ0v) is 21.2. The van der Waals surface area contributed by atoms with Crippen LogP contribution < -0.4 is 9.64 Å². The van der Waals surface area contributed by atoms with E-state index in [1.54, 1.807) is 0 Å². The Labute approximate surface area is 213 Å². The number of fused-ring (bicyclic) bond motifs is 2. The summed E-state index contributed by atoms with van der Waals surface area (Å²) in [4.78, 5) is 31.1. The number of likely N-dealkylation sites (N-methyl/N-ethyl adjacent to an activating group) is 1. The molecular formula is C28H36N6O2. The van der Waals surface area contributed by atoms with E-state index < -0.39 is 0 Å². The lowest BCUT2D eigenvalue weighted by Crippen LogP contribution is -2.48. The molecule has 36 heavy (non-hydrogen) atoms. The van der Waals surface area contributed by atoms with E-state index in [9.17, 15) is 4.79 Å². The van der Waals surface area contributed by atoms with Crippen LogP contribution in [0.5, 0.6) is 6.01 Å². The van der Waals surface area contributed by atoms with E-state index in [4.69, 9.17) is 14.7 Å². The maximum Gasteiger partial charge on any atom is 0.318 e. The van der Waals surface area contributed by atoms with Crippen LogP contribution in [0.3, 0.4) is 0 Å². The van der Waals surface area contributed by atoms with Gasteiger partial charge in [-0.15, -0.1) is 0 Å². The summed E-state index contributed by atoms with van der Waals surface area (Å²) in [7, 11) is 2.16. The monoisotopic (exact) mass is 488 g/mol. The van der Waals surface area contributed by atoms with Gasteiger partial charge in [0.25, 0.3) is 0 Å². The molecule has 4 heterocycles. The van der Waals surface area contributed by atoms with Crippen LogP contribution >= 0.6 is 0 Å². The van der Waals surface area contributed by atoms with Crippen LogP contribution in [0.4, 0.5) is 5.82 Å². The van der Waals surface area contributed by atoms with Crippen LogP contribution in [0.1, 0.15) is 47.7 Å². The van der Waals surface area contributed by atoms with Gasteiger partial charge in [-0.3, -0.25) is 9.69 Å². The van der Waals surface area contributed by atoms with Gasteiger partial charge in [0, 0.05) is 56.9 Å². The zero-order chi connectivity index (χ0) is 24.6. The molecule has 1 unspecified atom stereocenters. The third-order valence-corrected chi connectivity index (χ3v) is 8.45. The van der Waals surface area contributed by atoms with Crippen molar-refractivity contribution < 1.29 is 9.53 Å². The number of nitrogens with zero attached hydrogens (tertiary/aromatic N) is 6. The summed E-state index contributed by atoms with van der Waals surface area (Å²) in [6.45, 7) is 9.90. The first-order valence-corrected chi connectivity index (χ1v) is 13.3. The first-order valence-electron chi connectivity index (χ1n) is 13.3. The summed E-state index contributed by atoms with van der Waals surface area (Å²) in [5.74, 6) is 0.979. The Morgan fingerprint density at radius 1 is 1.11 bits per heavy atom. The number of aromatic nitrogens is 2. The number of piperazine rings is 1. The minimum atomic E-state index is -0.00153. The van der Waals surface area contributed by atoms with Crippen LogP contribution in [0, 0.1) is 0 Å². The number of aryl methyl sites for hydroxylation is 1. The molecule has 0 bridgehead atoms. The predicted molar refractivity (Wildman–Crippen MR) is 139 cm³/mol. The third kappa shape index (κ3) is 4.37. The van der Waals surface area contributed by atoms with E-state index >= 15 is 0 Å². The fourth-order valence-corrected chi connectivity index (χ4v) is 6.33. The molecule has 0 saturated carbocycles. The van der Waals surface area contributed by atoms with Gasteiger partial charge in [0.1, 0.15) is 12.4 Å². The summed E-state index contributed by atoms with van der Waals surface area (Å²) in [6, 6.07) is 10.2. The Balaban J connectivity index is 1.25. The standard InChI is InChI=1S/C28H36N6O2/c1-3-26(35)32-13-15-33(16-14-32)27-23-17-34(25-11-10-20-7-4-5-9-22(20)25)18-24(23)29-28(30-27)36-19-21-8-6-12-31(21)2/h3-5,7,9,21,25H,1,6,8,10-19H2,2H3/t21-,25?/m0/s1. The third-order valence-electron chi connectivity index (χ3n) is 8.45. The number of benzene rings is 1. The van der Waals surface area contributed by atoms with Crippen LogP contribution in [-0.4, -0.2) is 83.0 Å². The number of anilines is 1. The average molecular weight is 489 g/mol. The van der Waals surface area contributed by atoms with Crippen molar-refractivity contribution in [3.63, 3.8) is 0 Å². The quantitative estimate of drug-likeness (QED) is 0.580. The second-order valence-corrected chi connectivity index (χ2v) is 10.5. The fourth-order valence-electron chi connectivity index (χ4n) is 6.33. The van der Waals surface area contributed by atoms with Crippen molar-refractivity contribution in [1.82, 2.24) is 24.7 Å². The Hall–Kier alpha value is -2.97. The fraction of sp³-hybridized carbons (Fsp3) is 0.536. The molecule has 1 amide bonds. The molecule has 4 aliphatic rings. The Kier molecular flexibility index (Phi) is 6.39. The van der Waals surface area contributed by atoms with Crippen molar-refractivity contribution in [2.75, 3.05) is 51.3 Å². The van der Waals surface area contributed by atoms with E-state index in [1.165, 1.54) is 29.2 Å². The number of hydrogen-bond acceptors (Lipinski definition) is 7. The van der Waals surface area contributed by atoms with E-state index in [0.29, 0.717) is 37.8 Å². The van der Waals surface area contributed by atoms with Gasteiger partial charge < -0.3 is 19.4 Å². The van der Waals surface area contributed by atoms with Gasteiger partial charge in [0.2, 0.25) is 5.91 Å². The molecule has 8 nitrogen and oxygen atoms in total. The first kappa shape index (κ1) is 23.4. The highest BCUT2D eigenvalue weighted by Crippen LogP contribution is 2.42. The van der Waals surface area contributed by atoms with Gasteiger partial charge in [-0.05, 0) is 56.5 Å². The maximum atomic E-state index is 12.1. The molecule has 2 fully saturated rings. The van der Waals surface area contributed by atoms with Crippen molar-refractivity contribution >= 4 is 11.7 Å². The normalized spacial score (nSPS) is 24.1. The van der Waals surface area contributed by atoms with Gasteiger partial charge in [-0.2, -0.15) is 9.97 Å². The van der Waals surface area contributed by atoms with Crippen LogP contribution in [0.2, 0.25) is 0 Å². The minimum Gasteiger partial charge on any atom is -0.462 e. The molecular weight excluding hydrogens is 452 g/mol. The highest BCUT2D eigenvalue weighted by atomic mass is 16.5. The minimum absolute atomic E-state index is 0.00153. The molecule has 1 aromatic carbocycles. The van der Waals surface area contributed by atoms with Gasteiger partial charge in [-0.1, -0.05) is 30.8 Å². The summed E-state index contributed by atoms with van der Waals surface area (Å²) in [6.07, 6.45) is 6.06. The lowest BCUT2D eigenvalue weighted by atomic mass is 10.1. The van der Waals surface area contributed by atoms with Crippen molar-refractivity contribution in [3.8, 4) is 6.01 Å². The number of carbonyl (C=O) groups is 1. The van der Waals surface area contributed by atoms with Crippen LogP contribution in [0.15, 0.2) is 36.9 Å². The first-order chi connectivity index (χ1) is 17.6. The number of amides is 1. The van der Waals surface area contributed by atoms with Crippen LogP contribution in [0.25, 0.3) is 0 Å². The van der Waals surface area contributed by atoms with Gasteiger partial charge >= 0.3 is 6.01 Å². The molecule has 0 radical (unpaired) electrons. The topological polar surface area (TPSA) is 65.0 Å². The summed E-state index contributed by atoms with van der Waals surface area (Å²) in [5.41, 5.74) is 5.23. The second-order valence-electron chi connectivity index (χ2n) is 10.5. The molecule has 2 aromatic rings. The summed E-state index contributed by atoms with van der Waals surface area (Å²) < 4.78 is 6.22. The summed E-state index contributed by atoms with van der Waals surface area (Å²) in [5, 5.41) is 0. The summed E-state index contributed by atoms with van der Waals surface area (Å²) >= 11 is 0. The molecule has 1 aliphatic carbocycles. The van der Waals surface area contributed by atoms with Crippen LogP contribution in [-0.2, 0) is 24.3 Å². The SMILES string of the molecule is C=CC(=O)N1CCN(c2nc(OC[C@@H]3CCCN3C)nc3c2CN(C2CCc4ccccc42)C3)CC1. The Morgan fingerprint density at radius 2 is 1.94 bits per heavy atom. The molecule has 3 aliphatic heterocycles. The molecule has 0 spiro atoms. The number of rotatable bonds is 6. The van der Waals surface area contributed by atoms with Crippen molar-refractivity contribution in [2.24, 2.45) is 0 Å². The lowest BCUT2D eigenvalue weighted by molar-refractivity contribution is -0.126. The average Bonchev–Trinajstić information content (AvgIpc) is 3.64. The Morgan fingerprint density at radius 3 is 2.72 bits per heavy atom. The largest absolute Gasteiger partial charge is 0.462 e. The van der Waals surface area contributed by atoms with E-state index in [1.807, 2.05) is 4.90 Å². The van der Waals surface area contributed by atoms with Crippen molar-refractivity contribution in [1.29, 1.82) is 0 Å². The molecule has 2 atom stereocenters. The van der Waals surface area contributed by atoms with Gasteiger partial charge in [-0.25, -0.2) is 0 Å². The van der Waals surface area contributed by atoms with Crippen molar-refractivity contribution in [2.45, 2.75) is 50.9 Å². The smallest absolute Gasteiger partial charge is 0.318 e. The molecule has 1 aromatic heterocycles. The number of hydrogen-bond donors (Lipinski definition) is 0. The number of ether oxygens (including phenoxy) is 1. The lowest BCUT2D eigenvalue weighted by Gasteiger charge is -2.35. The van der Waals surface area contributed by atoms with E-state index in [0.717, 1.165) is 63.5 Å². The van der Waals surface area contributed by atoms with Gasteiger partial charge in [0.05, 0.1) is 5.69 Å². The highest BCUT2D eigenvalue weighted by Gasteiger charge is 2.36. The molecule has 190 valence electrons. The zero-order valence-electron chi connectivity index (χ0n) is 21.2. The van der Waals surface area contributed by atoms with Gasteiger partial charge in [0.15, 0.2) is 0 Å². The van der Waals surface area contributed by atoms with E-state index in [-0.39, 0.29) is 5.91 Å². The molecule has 0 N–H and O–H groups in total.